The summed E-state index contributed by atoms with van der Waals surface area (Å²) in [5, 5.41) is 18.6. The molecule has 1 unspecified atom stereocenters. The van der Waals surface area contributed by atoms with E-state index in [0.29, 0.717) is 32.4 Å². The van der Waals surface area contributed by atoms with Crippen LogP contribution in [-0.2, 0) is 9.47 Å². The van der Waals surface area contributed by atoms with Gasteiger partial charge in [-0.1, -0.05) is 0 Å². The van der Waals surface area contributed by atoms with Crippen LogP contribution in [0.2, 0.25) is 0 Å². The van der Waals surface area contributed by atoms with Crippen LogP contribution in [0.3, 0.4) is 0 Å². The molecule has 17 heavy (non-hydrogen) atoms. The maximum atomic E-state index is 9.80. The lowest BCUT2D eigenvalue weighted by Gasteiger charge is -2.28. The van der Waals surface area contributed by atoms with E-state index >= 15 is 0 Å². The minimum absolute atomic E-state index is 0.184. The fourth-order valence-electron chi connectivity index (χ4n) is 1.52. The fourth-order valence-corrected chi connectivity index (χ4v) is 1.52. The summed E-state index contributed by atoms with van der Waals surface area (Å²) in [6, 6.07) is 0.357. The highest BCUT2D eigenvalue weighted by molar-refractivity contribution is 4.68. The highest BCUT2D eigenvalue weighted by Crippen LogP contribution is 2.02. The number of nitrogens with zero attached hydrogens (tertiary/aromatic N) is 1. The van der Waals surface area contributed by atoms with Crippen LogP contribution in [0, 0.1) is 0 Å². The first kappa shape index (κ1) is 16.8. The molecule has 0 saturated heterocycles. The minimum atomic E-state index is -0.493. The molecule has 104 valence electrons. The molecule has 0 spiro atoms. The molecule has 1 atom stereocenters. The predicted octanol–water partition coefficient (Wildman–Crippen LogP) is 0.103. The SMILES string of the molecule is COCCOCC(O)CN(CCCO)C(C)C. The smallest absolute Gasteiger partial charge is 0.0900 e. The summed E-state index contributed by atoms with van der Waals surface area (Å²) in [5.74, 6) is 0. The molecule has 0 fully saturated rings. The largest absolute Gasteiger partial charge is 0.396 e. The van der Waals surface area contributed by atoms with E-state index in [4.69, 9.17) is 14.6 Å². The van der Waals surface area contributed by atoms with Crippen LogP contribution in [0.15, 0.2) is 0 Å². The zero-order valence-corrected chi connectivity index (χ0v) is 11.3. The molecule has 0 aliphatic rings. The van der Waals surface area contributed by atoms with Crippen molar-refractivity contribution in [3.05, 3.63) is 0 Å². The summed E-state index contributed by atoms with van der Waals surface area (Å²) in [6.07, 6.45) is 0.239. The zero-order chi connectivity index (χ0) is 13.1. The van der Waals surface area contributed by atoms with Crippen molar-refractivity contribution in [2.75, 3.05) is 46.6 Å². The van der Waals surface area contributed by atoms with Gasteiger partial charge in [-0.2, -0.15) is 0 Å². The van der Waals surface area contributed by atoms with Gasteiger partial charge in [-0.15, -0.1) is 0 Å². The second-order valence-corrected chi connectivity index (χ2v) is 4.39. The van der Waals surface area contributed by atoms with E-state index in [1.54, 1.807) is 7.11 Å². The Labute approximate surface area is 104 Å². The van der Waals surface area contributed by atoms with E-state index in [1.807, 2.05) is 0 Å². The van der Waals surface area contributed by atoms with Crippen LogP contribution >= 0.6 is 0 Å². The van der Waals surface area contributed by atoms with Crippen LogP contribution in [0.5, 0.6) is 0 Å². The Morgan fingerprint density at radius 2 is 1.94 bits per heavy atom. The van der Waals surface area contributed by atoms with Crippen LogP contribution in [0.4, 0.5) is 0 Å². The lowest BCUT2D eigenvalue weighted by atomic mass is 10.2. The van der Waals surface area contributed by atoms with Gasteiger partial charge in [0.25, 0.3) is 0 Å². The summed E-state index contributed by atoms with van der Waals surface area (Å²) in [5.41, 5.74) is 0. The quantitative estimate of drug-likeness (QED) is 0.509. The molecule has 0 heterocycles. The average Bonchev–Trinajstić information content (AvgIpc) is 2.29. The van der Waals surface area contributed by atoms with Crippen LogP contribution in [-0.4, -0.2) is 73.9 Å². The maximum Gasteiger partial charge on any atom is 0.0900 e. The van der Waals surface area contributed by atoms with Crippen molar-refractivity contribution in [2.45, 2.75) is 32.4 Å². The Kier molecular flexibility index (Phi) is 10.8. The van der Waals surface area contributed by atoms with Gasteiger partial charge in [0.1, 0.15) is 0 Å². The summed E-state index contributed by atoms with van der Waals surface area (Å²) >= 11 is 0. The maximum absolute atomic E-state index is 9.80. The Bertz CT molecular complexity index is 167. The molecule has 0 saturated carbocycles. The molecular weight excluding hydrogens is 222 g/mol. The second kappa shape index (κ2) is 10.9. The molecule has 0 aromatic rings. The Morgan fingerprint density at radius 3 is 2.47 bits per heavy atom. The third kappa shape index (κ3) is 9.50. The molecule has 0 aromatic heterocycles. The molecule has 0 aliphatic carbocycles. The monoisotopic (exact) mass is 249 g/mol. The predicted molar refractivity (Wildman–Crippen MR) is 67.1 cm³/mol. The first-order valence-corrected chi connectivity index (χ1v) is 6.21. The van der Waals surface area contributed by atoms with Crippen LogP contribution in [0.1, 0.15) is 20.3 Å². The Morgan fingerprint density at radius 1 is 1.24 bits per heavy atom. The lowest BCUT2D eigenvalue weighted by molar-refractivity contribution is -0.00514. The summed E-state index contributed by atoms with van der Waals surface area (Å²) < 4.78 is 10.1. The van der Waals surface area contributed by atoms with Crippen LogP contribution in [0.25, 0.3) is 0 Å². The summed E-state index contributed by atoms with van der Waals surface area (Å²) in [6.45, 7) is 7.09. The molecule has 0 radical (unpaired) electrons. The van der Waals surface area contributed by atoms with Gasteiger partial charge in [-0.25, -0.2) is 0 Å². The first-order chi connectivity index (χ1) is 8.11. The normalized spacial score (nSPS) is 13.6. The van der Waals surface area contributed by atoms with Crippen molar-refractivity contribution in [2.24, 2.45) is 0 Å². The standard InChI is InChI=1S/C12H27NO4/c1-11(2)13(5-4-6-14)9-12(15)10-17-8-7-16-3/h11-12,14-15H,4-10H2,1-3H3. The van der Waals surface area contributed by atoms with Gasteiger partial charge in [0.05, 0.1) is 25.9 Å². The third-order valence-corrected chi connectivity index (χ3v) is 2.52. The van der Waals surface area contributed by atoms with Crippen LogP contribution < -0.4 is 0 Å². The molecule has 0 bridgehead atoms. The Hall–Kier alpha value is -0.200. The van der Waals surface area contributed by atoms with Crippen molar-refractivity contribution in [3.63, 3.8) is 0 Å². The van der Waals surface area contributed by atoms with Crippen molar-refractivity contribution in [1.82, 2.24) is 4.90 Å². The number of rotatable bonds is 11. The van der Waals surface area contributed by atoms with Crippen molar-refractivity contribution >= 4 is 0 Å². The van der Waals surface area contributed by atoms with Crippen molar-refractivity contribution < 1.29 is 19.7 Å². The molecule has 2 N–H and O–H groups in total. The number of ether oxygens (including phenoxy) is 2. The number of aliphatic hydroxyl groups excluding tert-OH is 2. The Balaban J connectivity index is 3.74. The van der Waals surface area contributed by atoms with Gasteiger partial charge in [0, 0.05) is 32.8 Å². The van der Waals surface area contributed by atoms with E-state index in [2.05, 4.69) is 18.7 Å². The number of hydrogen-bond acceptors (Lipinski definition) is 5. The average molecular weight is 249 g/mol. The second-order valence-electron chi connectivity index (χ2n) is 4.39. The number of aliphatic hydroxyl groups is 2. The van der Waals surface area contributed by atoms with E-state index in [9.17, 15) is 5.11 Å². The summed E-state index contributed by atoms with van der Waals surface area (Å²) in [7, 11) is 1.62. The van der Waals surface area contributed by atoms with Gasteiger partial charge < -0.3 is 19.7 Å². The topological polar surface area (TPSA) is 62.2 Å². The molecule has 5 heteroatoms. The molecule has 0 aliphatic heterocycles. The fraction of sp³-hybridized carbons (Fsp3) is 1.00. The molecule has 5 nitrogen and oxygen atoms in total. The molecule has 0 rings (SSSR count). The first-order valence-electron chi connectivity index (χ1n) is 6.21. The molecule has 0 aromatic carbocycles. The van der Waals surface area contributed by atoms with E-state index in [-0.39, 0.29) is 6.61 Å². The minimum Gasteiger partial charge on any atom is -0.396 e. The van der Waals surface area contributed by atoms with Gasteiger partial charge >= 0.3 is 0 Å². The highest BCUT2D eigenvalue weighted by Gasteiger charge is 2.14. The third-order valence-electron chi connectivity index (χ3n) is 2.52. The molecular formula is C12H27NO4. The van der Waals surface area contributed by atoms with Gasteiger partial charge in [-0.3, -0.25) is 4.90 Å². The number of methoxy groups -OCH3 is 1. The van der Waals surface area contributed by atoms with E-state index in [0.717, 1.165) is 13.0 Å². The van der Waals surface area contributed by atoms with Gasteiger partial charge in [0.15, 0.2) is 0 Å². The van der Waals surface area contributed by atoms with Crippen molar-refractivity contribution in [1.29, 1.82) is 0 Å². The van der Waals surface area contributed by atoms with E-state index in [1.165, 1.54) is 0 Å². The van der Waals surface area contributed by atoms with Gasteiger partial charge in [-0.05, 0) is 20.3 Å². The van der Waals surface area contributed by atoms with Crippen molar-refractivity contribution in [3.8, 4) is 0 Å². The van der Waals surface area contributed by atoms with Gasteiger partial charge in [0.2, 0.25) is 0 Å². The lowest BCUT2D eigenvalue weighted by Crippen LogP contribution is -2.40. The zero-order valence-electron chi connectivity index (χ0n) is 11.3. The van der Waals surface area contributed by atoms with E-state index < -0.39 is 6.10 Å². The highest BCUT2D eigenvalue weighted by atomic mass is 16.5. The molecule has 0 amide bonds. The summed E-state index contributed by atoms with van der Waals surface area (Å²) in [4.78, 5) is 2.14. The number of hydrogen-bond donors (Lipinski definition) is 2.